The maximum atomic E-state index is 12.9. The maximum absolute atomic E-state index is 12.9. The van der Waals surface area contributed by atoms with E-state index in [4.69, 9.17) is 10.3 Å². The number of nitrogens with one attached hydrogen (secondary N) is 1. The summed E-state index contributed by atoms with van der Waals surface area (Å²) in [5.41, 5.74) is 6.10. The van der Waals surface area contributed by atoms with Crippen molar-refractivity contribution in [3.05, 3.63) is 88.8 Å². The highest BCUT2D eigenvalue weighted by atomic mass is 19.4. The minimum atomic E-state index is -4.38. The van der Waals surface area contributed by atoms with Crippen molar-refractivity contribution >= 4 is 5.91 Å². The van der Waals surface area contributed by atoms with Gasteiger partial charge < -0.3 is 10.3 Å². The standard InChI is InChI=1S/C25H28F3N3O2/c1-16(2)21-15-22(33-31-21)20(14-11-17-9-12-19(13-10-17)25(26,27)28)30-24(3,23(29)32)18-7-5-4-6-8-18/h4-10,12-13,15-16,20,30H,11,14H2,1-3H3,(H2,29,32). The number of benzene rings is 2. The average molecular weight is 460 g/mol. The Labute approximate surface area is 191 Å². The molecule has 2 atom stereocenters. The van der Waals surface area contributed by atoms with Crippen LogP contribution in [0, 0.1) is 0 Å². The van der Waals surface area contributed by atoms with Crippen LogP contribution in [0.2, 0.25) is 0 Å². The molecule has 5 nitrogen and oxygen atoms in total. The third-order valence-electron chi connectivity index (χ3n) is 5.79. The fourth-order valence-corrected chi connectivity index (χ4v) is 3.61. The SMILES string of the molecule is CC(C)c1cc(C(CCc2ccc(C(F)(F)F)cc2)NC(C)(C(N)=O)c2ccccc2)on1. The Morgan fingerprint density at radius 3 is 2.21 bits per heavy atom. The van der Waals surface area contributed by atoms with Gasteiger partial charge in [0.15, 0.2) is 5.76 Å². The largest absolute Gasteiger partial charge is 0.416 e. The average Bonchev–Trinajstić information content (AvgIpc) is 3.27. The summed E-state index contributed by atoms with van der Waals surface area (Å²) in [5, 5.41) is 7.45. The third kappa shape index (κ3) is 5.82. The second kappa shape index (κ2) is 9.79. The number of nitrogens with zero attached hydrogens (tertiary/aromatic N) is 1. The van der Waals surface area contributed by atoms with Crippen LogP contribution in [0.15, 0.2) is 65.2 Å². The predicted octanol–water partition coefficient (Wildman–Crippen LogP) is 5.48. The molecular formula is C25H28F3N3O2. The molecule has 3 aromatic rings. The zero-order valence-corrected chi connectivity index (χ0v) is 18.8. The summed E-state index contributed by atoms with van der Waals surface area (Å²) in [6, 6.07) is 15.6. The van der Waals surface area contributed by atoms with Crippen molar-refractivity contribution in [3.63, 3.8) is 0 Å². The first-order valence-corrected chi connectivity index (χ1v) is 10.8. The van der Waals surface area contributed by atoms with E-state index in [1.54, 1.807) is 6.92 Å². The van der Waals surface area contributed by atoms with E-state index in [0.717, 1.165) is 23.4 Å². The fourth-order valence-electron chi connectivity index (χ4n) is 3.61. The molecule has 0 fully saturated rings. The van der Waals surface area contributed by atoms with E-state index in [0.29, 0.717) is 24.2 Å². The summed E-state index contributed by atoms with van der Waals surface area (Å²) < 4.78 is 44.2. The molecule has 0 aliphatic heterocycles. The van der Waals surface area contributed by atoms with E-state index < -0.39 is 29.2 Å². The number of nitrogens with two attached hydrogens (primary N) is 1. The Bertz CT molecular complexity index is 1060. The number of primary amides is 1. The summed E-state index contributed by atoms with van der Waals surface area (Å²) >= 11 is 0. The van der Waals surface area contributed by atoms with Crippen LogP contribution in [0.4, 0.5) is 13.2 Å². The van der Waals surface area contributed by atoms with Gasteiger partial charge in [0.05, 0.1) is 17.3 Å². The van der Waals surface area contributed by atoms with Gasteiger partial charge in [-0.1, -0.05) is 61.5 Å². The zero-order valence-electron chi connectivity index (χ0n) is 18.8. The molecular weight excluding hydrogens is 431 g/mol. The highest BCUT2D eigenvalue weighted by molar-refractivity contribution is 5.85. The van der Waals surface area contributed by atoms with Crippen LogP contribution in [0.5, 0.6) is 0 Å². The van der Waals surface area contributed by atoms with Crippen LogP contribution in [0.1, 0.15) is 67.3 Å². The first-order valence-electron chi connectivity index (χ1n) is 10.8. The molecule has 3 N–H and O–H groups in total. The number of hydrogen-bond donors (Lipinski definition) is 2. The normalized spacial score (nSPS) is 14.8. The van der Waals surface area contributed by atoms with Gasteiger partial charge >= 0.3 is 6.18 Å². The van der Waals surface area contributed by atoms with Crippen molar-refractivity contribution in [1.29, 1.82) is 0 Å². The van der Waals surface area contributed by atoms with Crippen LogP contribution in [0.3, 0.4) is 0 Å². The van der Waals surface area contributed by atoms with Crippen LogP contribution in [-0.4, -0.2) is 11.1 Å². The van der Waals surface area contributed by atoms with E-state index in [1.807, 2.05) is 50.2 Å². The first kappa shape index (κ1) is 24.5. The van der Waals surface area contributed by atoms with Crippen molar-refractivity contribution in [2.75, 3.05) is 0 Å². The lowest BCUT2D eigenvalue weighted by atomic mass is 9.89. The van der Waals surface area contributed by atoms with Gasteiger partial charge in [0.1, 0.15) is 5.54 Å². The third-order valence-corrected chi connectivity index (χ3v) is 5.79. The fraction of sp³-hybridized carbons (Fsp3) is 0.360. The first-order chi connectivity index (χ1) is 15.5. The lowest BCUT2D eigenvalue weighted by Gasteiger charge is -2.32. The van der Waals surface area contributed by atoms with Crippen LogP contribution >= 0.6 is 0 Å². The predicted molar refractivity (Wildman–Crippen MR) is 119 cm³/mol. The Morgan fingerprint density at radius 2 is 1.70 bits per heavy atom. The number of amides is 1. The van der Waals surface area contributed by atoms with E-state index in [-0.39, 0.29) is 5.92 Å². The van der Waals surface area contributed by atoms with Gasteiger partial charge in [0.2, 0.25) is 5.91 Å². The summed E-state index contributed by atoms with van der Waals surface area (Å²) in [7, 11) is 0. The van der Waals surface area contributed by atoms with Gasteiger partial charge in [-0.2, -0.15) is 13.2 Å². The Balaban J connectivity index is 1.88. The molecule has 1 heterocycles. The smallest absolute Gasteiger partial charge is 0.368 e. The van der Waals surface area contributed by atoms with Crippen LogP contribution in [-0.2, 0) is 22.9 Å². The molecule has 0 spiro atoms. The van der Waals surface area contributed by atoms with Crippen molar-refractivity contribution in [3.8, 4) is 0 Å². The van der Waals surface area contributed by atoms with Gasteiger partial charge in [-0.05, 0) is 48.9 Å². The summed E-state index contributed by atoms with van der Waals surface area (Å²) in [4.78, 5) is 12.5. The molecule has 2 unspecified atom stereocenters. The summed E-state index contributed by atoms with van der Waals surface area (Å²) in [6.07, 6.45) is -3.47. The van der Waals surface area contributed by atoms with E-state index >= 15 is 0 Å². The Morgan fingerprint density at radius 1 is 1.06 bits per heavy atom. The van der Waals surface area contributed by atoms with Crippen molar-refractivity contribution in [2.45, 2.75) is 57.3 Å². The molecule has 0 radical (unpaired) electrons. The number of aromatic nitrogens is 1. The second-order valence-corrected chi connectivity index (χ2v) is 8.59. The highest BCUT2D eigenvalue weighted by Gasteiger charge is 2.37. The molecule has 0 bridgehead atoms. The molecule has 1 amide bonds. The topological polar surface area (TPSA) is 81.1 Å². The number of halogens is 3. The number of rotatable bonds is 9. The minimum absolute atomic E-state index is 0.148. The molecule has 176 valence electrons. The van der Waals surface area contributed by atoms with Gasteiger partial charge in [-0.3, -0.25) is 10.1 Å². The quantitative estimate of drug-likeness (QED) is 0.444. The Hall–Kier alpha value is -3.13. The lowest BCUT2D eigenvalue weighted by Crippen LogP contribution is -2.51. The maximum Gasteiger partial charge on any atom is 0.416 e. The molecule has 8 heteroatoms. The molecule has 0 aliphatic rings. The van der Waals surface area contributed by atoms with E-state index in [1.165, 1.54) is 12.1 Å². The molecule has 0 aliphatic carbocycles. The number of alkyl halides is 3. The van der Waals surface area contributed by atoms with Gasteiger partial charge in [0, 0.05) is 6.07 Å². The highest BCUT2D eigenvalue weighted by Crippen LogP contribution is 2.31. The minimum Gasteiger partial charge on any atom is -0.368 e. The molecule has 0 saturated carbocycles. The van der Waals surface area contributed by atoms with E-state index in [9.17, 15) is 18.0 Å². The summed E-state index contributed by atoms with van der Waals surface area (Å²) in [5.74, 6) is 0.126. The number of aryl methyl sites for hydroxylation is 1. The van der Waals surface area contributed by atoms with Crippen LogP contribution in [0.25, 0.3) is 0 Å². The summed E-state index contributed by atoms with van der Waals surface area (Å²) in [6.45, 7) is 5.68. The second-order valence-electron chi connectivity index (χ2n) is 8.59. The number of carbonyl (C=O) groups is 1. The molecule has 3 rings (SSSR count). The zero-order chi connectivity index (χ0) is 24.2. The van der Waals surface area contributed by atoms with Crippen molar-refractivity contribution in [2.24, 2.45) is 5.73 Å². The Kier molecular flexibility index (Phi) is 7.27. The van der Waals surface area contributed by atoms with Crippen molar-refractivity contribution in [1.82, 2.24) is 10.5 Å². The van der Waals surface area contributed by atoms with Crippen molar-refractivity contribution < 1.29 is 22.5 Å². The number of carbonyl (C=O) groups excluding carboxylic acids is 1. The molecule has 0 saturated heterocycles. The lowest BCUT2D eigenvalue weighted by molar-refractivity contribution is -0.137. The van der Waals surface area contributed by atoms with Gasteiger partial charge in [-0.15, -0.1) is 0 Å². The monoisotopic (exact) mass is 459 g/mol. The number of hydrogen-bond acceptors (Lipinski definition) is 4. The molecule has 2 aromatic carbocycles. The van der Waals surface area contributed by atoms with Gasteiger partial charge in [-0.25, -0.2) is 0 Å². The molecule has 33 heavy (non-hydrogen) atoms. The van der Waals surface area contributed by atoms with Gasteiger partial charge in [0.25, 0.3) is 0 Å². The van der Waals surface area contributed by atoms with E-state index in [2.05, 4.69) is 10.5 Å². The van der Waals surface area contributed by atoms with Crippen LogP contribution < -0.4 is 11.1 Å². The molecule has 1 aromatic heterocycles.